The van der Waals surface area contributed by atoms with Crippen molar-refractivity contribution in [2.24, 2.45) is 0 Å². The van der Waals surface area contributed by atoms with Crippen molar-refractivity contribution in [3.8, 4) is 0 Å². The molecule has 0 aliphatic heterocycles. The zero-order valence-corrected chi connectivity index (χ0v) is 10.2. The number of anilines is 1. The van der Waals surface area contributed by atoms with Crippen LogP contribution in [0.3, 0.4) is 0 Å². The van der Waals surface area contributed by atoms with E-state index in [-0.39, 0.29) is 5.69 Å². The average Bonchev–Trinajstić information content (AvgIpc) is 2.40. The minimum absolute atomic E-state index is 0.125. The summed E-state index contributed by atoms with van der Waals surface area (Å²) in [5.74, 6) is -2.61. The van der Waals surface area contributed by atoms with Gasteiger partial charge in [-0.3, -0.25) is 4.79 Å². The van der Waals surface area contributed by atoms with Crippen molar-refractivity contribution in [3.05, 3.63) is 71.6 Å². The first-order valence-electron chi connectivity index (χ1n) is 5.74. The molecule has 0 fully saturated rings. The lowest BCUT2D eigenvalue weighted by atomic mass is 10.2. The second kappa shape index (κ2) is 6.06. The average molecular weight is 277 g/mol. The molecule has 0 saturated carbocycles. The Bertz CT molecular complexity index is 668. The van der Waals surface area contributed by atoms with E-state index < -0.39 is 23.4 Å². The lowest BCUT2D eigenvalue weighted by Gasteiger charge is -2.03. The lowest BCUT2D eigenvalue weighted by Crippen LogP contribution is -2.09. The molecule has 5 heteroatoms. The van der Waals surface area contributed by atoms with Gasteiger partial charge in [0.05, 0.1) is 5.69 Å². The number of carbonyl (C=O) groups excluding carboxylic acids is 1. The molecule has 0 bridgehead atoms. The molecule has 2 aromatic rings. The number of rotatable bonds is 3. The van der Waals surface area contributed by atoms with E-state index in [1.54, 1.807) is 6.07 Å². The Morgan fingerprint density at radius 3 is 2.45 bits per heavy atom. The highest BCUT2D eigenvalue weighted by Gasteiger charge is 2.05. The Balaban J connectivity index is 2.05. The Morgan fingerprint density at radius 2 is 1.75 bits per heavy atom. The van der Waals surface area contributed by atoms with Gasteiger partial charge in [-0.1, -0.05) is 12.1 Å². The van der Waals surface area contributed by atoms with Crippen molar-refractivity contribution >= 4 is 17.7 Å². The van der Waals surface area contributed by atoms with E-state index in [2.05, 4.69) is 5.32 Å². The van der Waals surface area contributed by atoms with Crippen LogP contribution >= 0.6 is 0 Å². The summed E-state index contributed by atoms with van der Waals surface area (Å²) in [5, 5.41) is 2.26. The molecule has 2 aromatic carbocycles. The van der Waals surface area contributed by atoms with Crippen molar-refractivity contribution in [2.75, 3.05) is 5.32 Å². The second-order valence-corrected chi connectivity index (χ2v) is 4.00. The quantitative estimate of drug-likeness (QED) is 0.850. The largest absolute Gasteiger partial charge is 0.320 e. The van der Waals surface area contributed by atoms with Crippen LogP contribution in [0.2, 0.25) is 0 Å². The van der Waals surface area contributed by atoms with Crippen molar-refractivity contribution in [2.45, 2.75) is 0 Å². The number of hydrogen-bond donors (Lipinski definition) is 1. The van der Waals surface area contributed by atoms with Crippen LogP contribution in [0.25, 0.3) is 6.08 Å². The zero-order valence-electron chi connectivity index (χ0n) is 10.2. The van der Waals surface area contributed by atoms with E-state index in [0.29, 0.717) is 11.6 Å². The standard InChI is InChI=1S/C15H10F3NO/c16-11-3-1-2-10(8-11)4-7-15(20)19-14-6-5-12(17)9-13(14)18/h1-9H,(H,19,20). The molecule has 2 rings (SSSR count). The predicted octanol–water partition coefficient (Wildman–Crippen LogP) is 3.76. The fourth-order valence-electron chi connectivity index (χ4n) is 1.55. The van der Waals surface area contributed by atoms with Crippen LogP contribution < -0.4 is 5.32 Å². The van der Waals surface area contributed by atoms with Crippen molar-refractivity contribution in [1.82, 2.24) is 0 Å². The monoisotopic (exact) mass is 277 g/mol. The molecule has 0 spiro atoms. The topological polar surface area (TPSA) is 29.1 Å². The molecule has 2 nitrogen and oxygen atoms in total. The summed E-state index contributed by atoms with van der Waals surface area (Å²) >= 11 is 0. The van der Waals surface area contributed by atoms with Crippen LogP contribution in [0.5, 0.6) is 0 Å². The molecule has 0 atom stereocenters. The highest BCUT2D eigenvalue weighted by atomic mass is 19.1. The third-order valence-electron chi connectivity index (χ3n) is 2.46. The molecule has 1 N–H and O–H groups in total. The van der Waals surface area contributed by atoms with Crippen molar-refractivity contribution in [1.29, 1.82) is 0 Å². The molecule has 20 heavy (non-hydrogen) atoms. The molecular weight excluding hydrogens is 267 g/mol. The number of carbonyl (C=O) groups is 1. The second-order valence-electron chi connectivity index (χ2n) is 4.00. The van der Waals surface area contributed by atoms with E-state index in [9.17, 15) is 18.0 Å². The van der Waals surface area contributed by atoms with Gasteiger partial charge in [-0.25, -0.2) is 13.2 Å². The molecule has 0 aromatic heterocycles. The summed E-state index contributed by atoms with van der Waals surface area (Å²) in [6.07, 6.45) is 2.53. The molecule has 0 radical (unpaired) electrons. The number of amides is 1. The van der Waals surface area contributed by atoms with Crippen LogP contribution in [-0.4, -0.2) is 5.91 Å². The maximum absolute atomic E-state index is 13.3. The molecule has 0 heterocycles. The summed E-state index contributed by atoms with van der Waals surface area (Å²) < 4.78 is 38.9. The molecule has 0 saturated heterocycles. The third-order valence-corrected chi connectivity index (χ3v) is 2.46. The minimum Gasteiger partial charge on any atom is -0.320 e. The van der Waals surface area contributed by atoms with Gasteiger partial charge in [0, 0.05) is 12.1 Å². The van der Waals surface area contributed by atoms with Gasteiger partial charge >= 0.3 is 0 Å². The van der Waals surface area contributed by atoms with Gasteiger partial charge in [0.2, 0.25) is 5.91 Å². The van der Waals surface area contributed by atoms with E-state index in [4.69, 9.17) is 0 Å². The van der Waals surface area contributed by atoms with Gasteiger partial charge in [-0.05, 0) is 35.9 Å². The van der Waals surface area contributed by atoms with Gasteiger partial charge in [0.15, 0.2) is 0 Å². The van der Waals surface area contributed by atoms with Crippen molar-refractivity contribution < 1.29 is 18.0 Å². The first-order chi connectivity index (χ1) is 9.54. The SMILES string of the molecule is O=C(C=Cc1cccc(F)c1)Nc1ccc(F)cc1F. The summed E-state index contributed by atoms with van der Waals surface area (Å²) in [6.45, 7) is 0. The molecule has 0 aliphatic carbocycles. The Kier molecular flexibility index (Phi) is 4.20. The molecular formula is C15H10F3NO. The Morgan fingerprint density at radius 1 is 1.00 bits per heavy atom. The van der Waals surface area contributed by atoms with Crippen LogP contribution in [0.15, 0.2) is 48.5 Å². The number of nitrogens with one attached hydrogen (secondary N) is 1. The smallest absolute Gasteiger partial charge is 0.248 e. The van der Waals surface area contributed by atoms with Crippen LogP contribution in [-0.2, 0) is 4.79 Å². The van der Waals surface area contributed by atoms with E-state index in [0.717, 1.165) is 18.2 Å². The van der Waals surface area contributed by atoms with Gasteiger partial charge < -0.3 is 5.32 Å². The number of benzene rings is 2. The van der Waals surface area contributed by atoms with Crippen molar-refractivity contribution in [3.63, 3.8) is 0 Å². The van der Waals surface area contributed by atoms with Gasteiger partial charge in [-0.15, -0.1) is 0 Å². The highest BCUT2D eigenvalue weighted by molar-refractivity contribution is 6.01. The lowest BCUT2D eigenvalue weighted by molar-refractivity contribution is -0.111. The molecule has 0 aliphatic rings. The maximum Gasteiger partial charge on any atom is 0.248 e. The third kappa shape index (κ3) is 3.71. The van der Waals surface area contributed by atoms with Gasteiger partial charge in [0.25, 0.3) is 0 Å². The fourth-order valence-corrected chi connectivity index (χ4v) is 1.55. The molecule has 1 amide bonds. The van der Waals surface area contributed by atoms with Gasteiger partial charge in [-0.2, -0.15) is 0 Å². The first-order valence-corrected chi connectivity index (χ1v) is 5.74. The highest BCUT2D eigenvalue weighted by Crippen LogP contribution is 2.15. The van der Waals surface area contributed by atoms with Gasteiger partial charge in [0.1, 0.15) is 17.5 Å². The molecule has 102 valence electrons. The van der Waals surface area contributed by atoms with Crippen LogP contribution in [0.1, 0.15) is 5.56 Å². The van der Waals surface area contributed by atoms with Crippen LogP contribution in [0.4, 0.5) is 18.9 Å². The molecule has 0 unspecified atom stereocenters. The van der Waals surface area contributed by atoms with E-state index in [1.807, 2.05) is 0 Å². The first kappa shape index (κ1) is 13.9. The number of hydrogen-bond acceptors (Lipinski definition) is 1. The fraction of sp³-hybridized carbons (Fsp3) is 0. The maximum atomic E-state index is 13.3. The Labute approximate surface area is 113 Å². The summed E-state index contributed by atoms with van der Waals surface area (Å²) in [6, 6.07) is 8.49. The zero-order chi connectivity index (χ0) is 14.5. The normalized spacial score (nSPS) is 10.8. The van der Waals surface area contributed by atoms with Crippen LogP contribution in [0, 0.1) is 17.5 Å². The minimum atomic E-state index is -0.863. The summed E-state index contributed by atoms with van der Waals surface area (Å²) in [7, 11) is 0. The Hall–Kier alpha value is -2.56. The summed E-state index contributed by atoms with van der Waals surface area (Å²) in [4.78, 5) is 11.6. The summed E-state index contributed by atoms with van der Waals surface area (Å²) in [5.41, 5.74) is 0.375. The van der Waals surface area contributed by atoms with E-state index in [1.165, 1.54) is 24.3 Å². The predicted molar refractivity (Wildman–Crippen MR) is 70.4 cm³/mol. The number of halogens is 3. The van der Waals surface area contributed by atoms with E-state index >= 15 is 0 Å².